The summed E-state index contributed by atoms with van der Waals surface area (Å²) in [5.41, 5.74) is 0.0675. The molecule has 0 aromatic heterocycles. The first-order chi connectivity index (χ1) is 11.9. The molecule has 0 bridgehead atoms. The fourth-order valence-corrected chi connectivity index (χ4v) is 1.91. The van der Waals surface area contributed by atoms with E-state index >= 15 is 0 Å². The van der Waals surface area contributed by atoms with Crippen LogP contribution in [0.1, 0.15) is 0 Å². The lowest BCUT2D eigenvalue weighted by Crippen LogP contribution is -2.20. The van der Waals surface area contributed by atoms with E-state index in [1.54, 1.807) is 0 Å². The summed E-state index contributed by atoms with van der Waals surface area (Å²) in [5.74, 6) is -0.259. The number of non-ortho nitro benzene ring substituents is 1. The van der Waals surface area contributed by atoms with Crippen LogP contribution in [0.2, 0.25) is 0 Å². The van der Waals surface area contributed by atoms with Gasteiger partial charge in [0.2, 0.25) is 5.75 Å². The third kappa shape index (κ3) is 4.64. The zero-order chi connectivity index (χ0) is 18.4. The van der Waals surface area contributed by atoms with Crippen LogP contribution in [0.15, 0.2) is 42.5 Å². The van der Waals surface area contributed by atoms with Gasteiger partial charge < -0.3 is 14.8 Å². The van der Waals surface area contributed by atoms with E-state index in [4.69, 9.17) is 9.47 Å². The molecular weight excluding hydrogens is 334 g/mol. The maximum Gasteiger partial charge on any atom is 0.311 e. The van der Waals surface area contributed by atoms with Gasteiger partial charge in [-0.25, -0.2) is 0 Å². The smallest absolute Gasteiger partial charge is 0.311 e. The van der Waals surface area contributed by atoms with Crippen molar-refractivity contribution in [2.45, 2.75) is 0 Å². The van der Waals surface area contributed by atoms with E-state index < -0.39 is 15.8 Å². The molecule has 10 nitrogen and oxygen atoms in total. The summed E-state index contributed by atoms with van der Waals surface area (Å²) in [5, 5.41) is 23.9. The predicted molar refractivity (Wildman–Crippen MR) is 86.9 cm³/mol. The summed E-state index contributed by atoms with van der Waals surface area (Å²) in [6.07, 6.45) is 0. The second kappa shape index (κ2) is 7.73. The molecule has 0 aliphatic heterocycles. The highest BCUT2D eigenvalue weighted by atomic mass is 16.6. The van der Waals surface area contributed by atoms with Crippen molar-refractivity contribution in [3.8, 4) is 11.5 Å². The number of rotatable bonds is 7. The number of hydrogen-bond acceptors (Lipinski definition) is 7. The van der Waals surface area contributed by atoms with Gasteiger partial charge in [-0.15, -0.1) is 0 Å². The highest BCUT2D eigenvalue weighted by Crippen LogP contribution is 2.30. The average molecular weight is 347 g/mol. The molecule has 130 valence electrons. The van der Waals surface area contributed by atoms with Gasteiger partial charge in [0, 0.05) is 30.0 Å². The van der Waals surface area contributed by atoms with Crippen molar-refractivity contribution in [3.63, 3.8) is 0 Å². The highest BCUT2D eigenvalue weighted by Gasteiger charge is 2.15. The van der Waals surface area contributed by atoms with Crippen molar-refractivity contribution < 1.29 is 24.1 Å². The van der Waals surface area contributed by atoms with Crippen molar-refractivity contribution in [2.75, 3.05) is 19.0 Å². The number of nitro benzene ring substituents is 2. The third-order valence-electron chi connectivity index (χ3n) is 3.08. The van der Waals surface area contributed by atoms with Crippen molar-refractivity contribution >= 4 is 23.0 Å². The Morgan fingerprint density at radius 2 is 1.76 bits per heavy atom. The lowest BCUT2D eigenvalue weighted by atomic mass is 10.3. The lowest BCUT2D eigenvalue weighted by Gasteiger charge is -2.09. The van der Waals surface area contributed by atoms with E-state index in [1.807, 2.05) is 0 Å². The Labute approximate surface area is 141 Å². The molecule has 0 radical (unpaired) electrons. The van der Waals surface area contributed by atoms with Gasteiger partial charge in [-0.3, -0.25) is 25.0 Å². The summed E-state index contributed by atoms with van der Waals surface area (Å²) < 4.78 is 10.2. The van der Waals surface area contributed by atoms with Gasteiger partial charge in [0.1, 0.15) is 5.75 Å². The van der Waals surface area contributed by atoms with Crippen LogP contribution in [-0.4, -0.2) is 29.5 Å². The minimum Gasteiger partial charge on any atom is -0.490 e. The Bertz CT molecular complexity index is 805. The molecule has 0 saturated heterocycles. The van der Waals surface area contributed by atoms with Crippen LogP contribution in [0.4, 0.5) is 17.1 Å². The van der Waals surface area contributed by atoms with E-state index in [1.165, 1.54) is 49.6 Å². The second-order valence-electron chi connectivity index (χ2n) is 4.73. The average Bonchev–Trinajstić information content (AvgIpc) is 2.60. The van der Waals surface area contributed by atoms with Crippen molar-refractivity contribution in [1.82, 2.24) is 0 Å². The molecule has 0 aliphatic carbocycles. The van der Waals surface area contributed by atoms with Crippen molar-refractivity contribution in [1.29, 1.82) is 0 Å². The Balaban J connectivity index is 1.95. The number of nitrogens with zero attached hydrogens (tertiary/aromatic N) is 2. The molecule has 0 heterocycles. The normalized spacial score (nSPS) is 9.96. The number of methoxy groups -OCH3 is 1. The minimum atomic E-state index is -0.593. The molecule has 1 N–H and O–H groups in total. The quantitative estimate of drug-likeness (QED) is 0.600. The number of amides is 1. The number of carbonyl (C=O) groups is 1. The summed E-state index contributed by atoms with van der Waals surface area (Å²) in [6, 6.07) is 9.17. The SMILES string of the molecule is COc1cc(OCC(=O)Nc2ccc([N+](=O)[O-])cc2)ccc1[N+](=O)[O-]. The zero-order valence-electron chi connectivity index (χ0n) is 13.0. The zero-order valence-corrected chi connectivity index (χ0v) is 13.0. The molecule has 0 unspecified atom stereocenters. The third-order valence-corrected chi connectivity index (χ3v) is 3.08. The minimum absolute atomic E-state index is 0.0123. The van der Waals surface area contributed by atoms with Crippen LogP contribution in [0.3, 0.4) is 0 Å². The van der Waals surface area contributed by atoms with Gasteiger partial charge in [-0.05, 0) is 18.2 Å². The summed E-state index contributed by atoms with van der Waals surface area (Å²) in [6.45, 7) is -0.349. The molecule has 10 heteroatoms. The molecule has 1 amide bonds. The molecule has 2 aromatic rings. The van der Waals surface area contributed by atoms with Crippen LogP contribution in [-0.2, 0) is 4.79 Å². The van der Waals surface area contributed by atoms with Crippen molar-refractivity contribution in [2.24, 2.45) is 0 Å². The molecule has 25 heavy (non-hydrogen) atoms. The first-order valence-electron chi connectivity index (χ1n) is 6.90. The number of nitrogens with one attached hydrogen (secondary N) is 1. The molecule has 0 fully saturated rings. The maximum atomic E-state index is 11.8. The molecular formula is C15H13N3O7. The number of benzene rings is 2. The van der Waals surface area contributed by atoms with E-state index in [0.29, 0.717) is 5.69 Å². The maximum absolute atomic E-state index is 11.8. The lowest BCUT2D eigenvalue weighted by molar-refractivity contribution is -0.385. The van der Waals surface area contributed by atoms with Gasteiger partial charge >= 0.3 is 5.69 Å². The summed E-state index contributed by atoms with van der Waals surface area (Å²) >= 11 is 0. The van der Waals surface area contributed by atoms with Crippen LogP contribution >= 0.6 is 0 Å². The van der Waals surface area contributed by atoms with Crippen LogP contribution < -0.4 is 14.8 Å². The topological polar surface area (TPSA) is 134 Å². The Morgan fingerprint density at radius 1 is 1.08 bits per heavy atom. The Hall–Kier alpha value is -3.69. The fraction of sp³-hybridized carbons (Fsp3) is 0.133. The number of hydrogen-bond donors (Lipinski definition) is 1. The number of ether oxygens (including phenoxy) is 2. The van der Waals surface area contributed by atoms with Gasteiger partial charge in [-0.2, -0.15) is 0 Å². The molecule has 2 rings (SSSR count). The monoisotopic (exact) mass is 347 g/mol. The Kier molecular flexibility index (Phi) is 5.46. The van der Waals surface area contributed by atoms with Crippen LogP contribution in [0.5, 0.6) is 11.5 Å². The number of anilines is 1. The standard InChI is InChI=1S/C15H13N3O7/c1-24-14-8-12(6-7-13(14)18(22)23)25-9-15(19)16-10-2-4-11(5-3-10)17(20)21/h2-8H,9H2,1H3,(H,16,19). The fourth-order valence-electron chi connectivity index (χ4n) is 1.91. The van der Waals surface area contributed by atoms with E-state index in [9.17, 15) is 25.0 Å². The molecule has 0 saturated carbocycles. The van der Waals surface area contributed by atoms with Gasteiger partial charge in [-0.1, -0.05) is 0 Å². The summed E-state index contributed by atoms with van der Waals surface area (Å²) in [7, 11) is 1.29. The van der Waals surface area contributed by atoms with Gasteiger partial charge in [0.05, 0.1) is 17.0 Å². The van der Waals surface area contributed by atoms with E-state index in [0.717, 1.165) is 0 Å². The number of carbonyl (C=O) groups excluding carboxylic acids is 1. The Morgan fingerprint density at radius 3 is 2.32 bits per heavy atom. The molecule has 0 atom stereocenters. The molecule has 0 spiro atoms. The van der Waals surface area contributed by atoms with Crippen LogP contribution in [0, 0.1) is 20.2 Å². The van der Waals surface area contributed by atoms with Gasteiger partial charge in [0.25, 0.3) is 11.6 Å². The number of nitro groups is 2. The second-order valence-corrected chi connectivity index (χ2v) is 4.73. The van der Waals surface area contributed by atoms with E-state index in [2.05, 4.69) is 5.32 Å². The first-order valence-corrected chi connectivity index (χ1v) is 6.90. The molecule has 2 aromatic carbocycles. The van der Waals surface area contributed by atoms with E-state index in [-0.39, 0.29) is 29.5 Å². The highest BCUT2D eigenvalue weighted by molar-refractivity contribution is 5.91. The summed E-state index contributed by atoms with van der Waals surface area (Å²) in [4.78, 5) is 32.1. The first kappa shape index (κ1) is 17.7. The predicted octanol–water partition coefficient (Wildman–Crippen LogP) is 2.53. The van der Waals surface area contributed by atoms with Crippen molar-refractivity contribution in [3.05, 3.63) is 62.7 Å². The largest absolute Gasteiger partial charge is 0.490 e. The van der Waals surface area contributed by atoms with Gasteiger partial charge in [0.15, 0.2) is 6.61 Å². The molecule has 0 aliphatic rings. The van der Waals surface area contributed by atoms with Crippen LogP contribution in [0.25, 0.3) is 0 Å².